The van der Waals surface area contributed by atoms with Gasteiger partial charge in [-0.05, 0) is 56.6 Å². The average molecular weight is 1760 g/mol. The molecule has 3 aliphatic rings. The second-order valence-corrected chi connectivity index (χ2v) is 29.1. The molecule has 0 aromatic carbocycles. The maximum atomic E-state index is 13.5. The van der Waals surface area contributed by atoms with E-state index in [9.17, 15) is 38.4 Å². The van der Waals surface area contributed by atoms with Gasteiger partial charge in [-0.1, -0.05) is 13.3 Å². The monoisotopic (exact) mass is 1760 g/mol. The fraction of sp³-hybridized carbons (Fsp3) is 0.902. The fourth-order valence-electron chi connectivity index (χ4n) is 11.6. The van der Waals surface area contributed by atoms with Crippen LogP contribution in [0.3, 0.4) is 0 Å². The van der Waals surface area contributed by atoms with Gasteiger partial charge in [-0.2, -0.15) is 11.8 Å². The lowest BCUT2D eigenvalue weighted by atomic mass is 9.97. The van der Waals surface area contributed by atoms with Crippen LogP contribution in [0.15, 0.2) is 0 Å². The number of Topliss-reactive ketones (excluding diaryl/α,β-unsaturated/α-hetero) is 1. The van der Waals surface area contributed by atoms with Crippen LogP contribution < -0.4 is 26.6 Å². The zero-order chi connectivity index (χ0) is 86.5. The van der Waals surface area contributed by atoms with Gasteiger partial charge in [-0.3, -0.25) is 43.3 Å². The average Bonchev–Trinajstić information content (AvgIpc) is 1.67. The number of fused-ring (bicyclic) bond motifs is 1. The summed E-state index contributed by atoms with van der Waals surface area (Å²) in [6.45, 7) is 23.2. The molecule has 39 heteroatoms. The van der Waals surface area contributed by atoms with Gasteiger partial charge in [-0.25, -0.2) is 0 Å². The van der Waals surface area contributed by atoms with Gasteiger partial charge in [0.2, 0.25) is 41.4 Å². The van der Waals surface area contributed by atoms with Crippen molar-refractivity contribution in [3.63, 3.8) is 0 Å². The van der Waals surface area contributed by atoms with Crippen LogP contribution in [0.2, 0.25) is 0 Å². The highest BCUT2D eigenvalue weighted by Crippen LogP contribution is 2.39. The van der Waals surface area contributed by atoms with Crippen LogP contribution in [-0.4, -0.2) is 418 Å². The number of carbonyl (C=O) groups excluding carboxylic acids is 8. The van der Waals surface area contributed by atoms with Crippen LogP contribution >= 0.6 is 11.8 Å². The molecule has 0 radical (unpaired) electrons. The number of nitrogens with zero attached hydrogens (tertiary/aromatic N) is 1. The zero-order valence-electron chi connectivity index (χ0n) is 72.5. The van der Waals surface area contributed by atoms with Crippen molar-refractivity contribution in [2.75, 3.05) is 349 Å². The van der Waals surface area contributed by atoms with Crippen molar-refractivity contribution in [1.82, 2.24) is 31.5 Å². The van der Waals surface area contributed by atoms with Crippen LogP contribution in [-0.2, 0) is 152 Å². The standard InChI is InChI=1S/C82H150N6O32S/c1-2-21-97-27-33-103-39-45-109-51-52-110-46-40-104-34-28-98-22-7-9-73(89)72(86-78(93)16-24-100-30-36-106-42-48-112-53-55-113-50-44-108-38-32-102-26-19-85-76(91)14-20-88-80(95)12-13-81(88)96)8-5-6-17-83-77(92)15-23-99-29-35-105-41-47-111-54-57-115-59-61-117-63-65-119-67-68-120-66-64-118-62-60-116-58-56-114-49-43-107-37-31-101-25-18-84-75(90)11-4-3-10-74-82-71(70-121-74)69-79(94)87-82/h71-72,74,82H,2-70H2,1H3,(H,83,92)(H,84,90)(H,85,91)(H,86,93)(H,87,94). The van der Waals surface area contributed by atoms with E-state index < -0.39 is 6.04 Å². The minimum atomic E-state index is -0.708. The highest BCUT2D eigenvalue weighted by molar-refractivity contribution is 8.00. The quantitative estimate of drug-likeness (QED) is 0.0427. The van der Waals surface area contributed by atoms with E-state index in [2.05, 4.69) is 33.5 Å². The largest absolute Gasteiger partial charge is 0.379 e. The first-order valence-corrected chi connectivity index (χ1v) is 44.8. The molecule has 3 fully saturated rings. The third-order valence-electron chi connectivity index (χ3n) is 18.0. The summed E-state index contributed by atoms with van der Waals surface area (Å²) in [6, 6.07) is -0.394. The van der Waals surface area contributed by atoms with Crippen LogP contribution in [0, 0.1) is 5.92 Å². The summed E-state index contributed by atoms with van der Waals surface area (Å²) in [5, 5.41) is 15.0. The summed E-state index contributed by atoms with van der Waals surface area (Å²) in [4.78, 5) is 99.3. The van der Waals surface area contributed by atoms with E-state index in [0.29, 0.717) is 366 Å². The Kier molecular flexibility index (Phi) is 77.8. The Balaban J connectivity index is 1.05. The molecule has 3 aliphatic heterocycles. The Bertz CT molecular complexity index is 2470. The molecule has 0 bridgehead atoms. The molecule has 5 N–H and O–H groups in total. The van der Waals surface area contributed by atoms with E-state index >= 15 is 0 Å². The molecular formula is C82H150N6O32S. The van der Waals surface area contributed by atoms with Crippen molar-refractivity contribution in [3.05, 3.63) is 0 Å². The van der Waals surface area contributed by atoms with Gasteiger partial charge in [0.25, 0.3) is 0 Å². The van der Waals surface area contributed by atoms with E-state index in [1.807, 2.05) is 11.8 Å². The number of ketones is 1. The number of imide groups is 1. The van der Waals surface area contributed by atoms with Crippen LogP contribution in [0.5, 0.6) is 0 Å². The van der Waals surface area contributed by atoms with Crippen molar-refractivity contribution in [1.29, 1.82) is 0 Å². The predicted molar refractivity (Wildman–Crippen MR) is 444 cm³/mol. The van der Waals surface area contributed by atoms with Crippen molar-refractivity contribution < 1.29 is 152 Å². The molecule has 3 saturated heterocycles. The lowest BCUT2D eigenvalue weighted by Gasteiger charge is -2.18. The number of hydrogen-bond acceptors (Lipinski definition) is 33. The molecule has 0 aromatic rings. The Morgan fingerprint density at radius 3 is 1.02 bits per heavy atom. The molecule has 7 amide bonds. The molecule has 121 heavy (non-hydrogen) atoms. The van der Waals surface area contributed by atoms with E-state index in [1.165, 1.54) is 0 Å². The molecule has 4 unspecified atom stereocenters. The summed E-state index contributed by atoms with van der Waals surface area (Å²) < 4.78 is 133. The molecule has 706 valence electrons. The van der Waals surface area contributed by atoms with E-state index in [0.717, 1.165) is 42.9 Å². The van der Waals surface area contributed by atoms with Crippen molar-refractivity contribution in [2.24, 2.45) is 5.92 Å². The minimum Gasteiger partial charge on any atom is -0.379 e. The number of carbonyl (C=O) groups is 8. The van der Waals surface area contributed by atoms with Crippen molar-refractivity contribution >= 4 is 58.9 Å². The Hall–Kier alpha value is -4.45. The molecule has 0 spiro atoms. The molecule has 3 heterocycles. The molecule has 38 nitrogen and oxygen atoms in total. The van der Waals surface area contributed by atoms with Crippen molar-refractivity contribution in [3.8, 4) is 0 Å². The van der Waals surface area contributed by atoms with E-state index in [1.54, 1.807) is 0 Å². The number of ether oxygens (including phenoxy) is 24. The first kappa shape index (κ1) is 111. The van der Waals surface area contributed by atoms with Gasteiger partial charge in [0.1, 0.15) is 0 Å². The smallest absolute Gasteiger partial charge is 0.229 e. The number of hydrogen-bond donors (Lipinski definition) is 5. The summed E-state index contributed by atoms with van der Waals surface area (Å²) in [5.41, 5.74) is 0. The molecular weight excluding hydrogens is 1610 g/mol. The Morgan fingerprint density at radius 2 is 0.653 bits per heavy atom. The summed E-state index contributed by atoms with van der Waals surface area (Å²) in [7, 11) is 0. The number of amides is 7. The predicted octanol–water partition coefficient (Wildman–Crippen LogP) is 1.65. The van der Waals surface area contributed by atoms with Gasteiger partial charge in [0.05, 0.1) is 310 Å². The lowest BCUT2D eigenvalue weighted by molar-refractivity contribution is -0.139. The van der Waals surface area contributed by atoms with Gasteiger partial charge in [-0.15, -0.1) is 0 Å². The fourth-order valence-corrected chi connectivity index (χ4v) is 13.3. The number of unbranched alkanes of at least 4 members (excludes halogenated alkanes) is 2. The van der Waals surface area contributed by atoms with Crippen LogP contribution in [0.1, 0.15) is 110 Å². The van der Waals surface area contributed by atoms with Gasteiger partial charge >= 0.3 is 0 Å². The second kappa shape index (κ2) is 85.0. The minimum absolute atomic E-state index is 0.0405. The maximum Gasteiger partial charge on any atom is 0.229 e. The highest BCUT2D eigenvalue weighted by Gasteiger charge is 2.42. The Labute approximate surface area is 721 Å². The number of likely N-dealkylation sites (tertiary alicyclic amines) is 1. The molecule has 3 rings (SSSR count). The van der Waals surface area contributed by atoms with Gasteiger partial charge in [0.15, 0.2) is 5.78 Å². The normalized spacial score (nSPS) is 15.4. The first-order valence-electron chi connectivity index (χ1n) is 43.8. The molecule has 4 atom stereocenters. The SMILES string of the molecule is CCCOCCOCCOCCOCCOCCOCCCC(=O)C(CCCCNC(=O)CCOCCOCCOCCOCCOCCOCCOCCOCCOCCOCCOCCOCCNC(=O)CCCCC1SCC2CC(=O)NC21)NC(=O)CCOCCOCCOCCOCCOCCOCCNC(=O)CCN1C(=O)CCC1=O. The van der Waals surface area contributed by atoms with E-state index in [4.69, 9.17) is 114 Å². The summed E-state index contributed by atoms with van der Waals surface area (Å²) in [5.74, 6) is 0.452. The van der Waals surface area contributed by atoms with Gasteiger partial charge < -0.3 is 140 Å². The van der Waals surface area contributed by atoms with E-state index in [-0.39, 0.29) is 112 Å². The van der Waals surface area contributed by atoms with Crippen LogP contribution in [0.4, 0.5) is 0 Å². The summed E-state index contributed by atoms with van der Waals surface area (Å²) in [6.07, 6.45) is 7.99. The maximum absolute atomic E-state index is 13.5. The Morgan fingerprint density at radius 1 is 0.339 bits per heavy atom. The zero-order valence-corrected chi connectivity index (χ0v) is 73.3. The highest BCUT2D eigenvalue weighted by atomic mass is 32.2. The number of rotatable bonds is 96. The van der Waals surface area contributed by atoms with Crippen molar-refractivity contribution in [2.45, 2.75) is 127 Å². The van der Waals surface area contributed by atoms with Gasteiger partial charge in [0, 0.05) is 102 Å². The summed E-state index contributed by atoms with van der Waals surface area (Å²) >= 11 is 1.95. The number of nitrogens with one attached hydrogen (secondary N) is 5. The molecule has 0 aromatic heterocycles. The third kappa shape index (κ3) is 70.3. The van der Waals surface area contributed by atoms with Crippen LogP contribution in [0.25, 0.3) is 0 Å². The second-order valence-electron chi connectivity index (χ2n) is 27.8. The first-order chi connectivity index (χ1) is 59.6. The number of thioether (sulfide) groups is 1. The third-order valence-corrected chi connectivity index (χ3v) is 19.6. The molecule has 0 saturated carbocycles. The molecule has 0 aliphatic carbocycles. The lowest BCUT2D eigenvalue weighted by Crippen LogP contribution is -2.41. The topological polar surface area (TPSA) is 421 Å².